The van der Waals surface area contributed by atoms with Gasteiger partial charge < -0.3 is 4.57 Å². The summed E-state index contributed by atoms with van der Waals surface area (Å²) in [6.45, 7) is 3.47. The first-order valence-electron chi connectivity index (χ1n) is 9.56. The molecule has 0 unspecified atom stereocenters. The highest BCUT2D eigenvalue weighted by atomic mass is 35.5. The lowest BCUT2D eigenvalue weighted by atomic mass is 10.2. The van der Waals surface area contributed by atoms with E-state index < -0.39 is 0 Å². The van der Waals surface area contributed by atoms with Crippen LogP contribution < -0.4 is 4.90 Å². The predicted octanol–water partition coefficient (Wildman–Crippen LogP) is 5.45. The van der Waals surface area contributed by atoms with Crippen LogP contribution in [0.15, 0.2) is 61.2 Å². The lowest BCUT2D eigenvalue weighted by molar-refractivity contribution is 0.0986. The second-order valence-corrected chi connectivity index (χ2v) is 8.22. The zero-order valence-corrected chi connectivity index (χ0v) is 17.7. The Morgan fingerprint density at radius 1 is 1.24 bits per heavy atom. The summed E-state index contributed by atoms with van der Waals surface area (Å²) in [5, 5.41) is 1.26. The van der Waals surface area contributed by atoms with Crippen molar-refractivity contribution in [1.82, 2.24) is 14.5 Å². The largest absolute Gasteiger partial charge is 0.337 e. The van der Waals surface area contributed by atoms with E-state index in [1.807, 2.05) is 16.8 Å². The number of amides is 1. The number of aryl methyl sites for hydroxylation is 2. The molecular weight excluding hydrogens is 404 g/mol. The van der Waals surface area contributed by atoms with Gasteiger partial charge in [0.15, 0.2) is 5.13 Å². The number of hydrogen-bond donors (Lipinski definition) is 0. The summed E-state index contributed by atoms with van der Waals surface area (Å²) in [7, 11) is 0. The van der Waals surface area contributed by atoms with Gasteiger partial charge in [-0.05, 0) is 48.7 Å². The van der Waals surface area contributed by atoms with Crippen LogP contribution in [0.5, 0.6) is 0 Å². The van der Waals surface area contributed by atoms with E-state index in [-0.39, 0.29) is 5.91 Å². The van der Waals surface area contributed by atoms with Crippen molar-refractivity contribution in [3.05, 3.63) is 77.3 Å². The molecule has 0 spiro atoms. The minimum atomic E-state index is -0.0899. The summed E-state index contributed by atoms with van der Waals surface area (Å²) in [4.78, 5) is 23.9. The maximum absolute atomic E-state index is 13.3. The molecule has 7 heteroatoms. The second-order valence-electron chi connectivity index (χ2n) is 6.77. The van der Waals surface area contributed by atoms with Crippen LogP contribution in [0, 0.1) is 0 Å². The molecule has 4 rings (SSSR count). The molecule has 0 fully saturated rings. The number of rotatable bonds is 7. The molecule has 1 amide bonds. The van der Waals surface area contributed by atoms with Crippen molar-refractivity contribution in [3.8, 4) is 0 Å². The number of hydrogen-bond acceptors (Lipinski definition) is 4. The van der Waals surface area contributed by atoms with Crippen molar-refractivity contribution in [1.29, 1.82) is 0 Å². The Balaban J connectivity index is 1.64. The van der Waals surface area contributed by atoms with Crippen LogP contribution in [-0.2, 0) is 13.0 Å². The van der Waals surface area contributed by atoms with Crippen LogP contribution in [0.3, 0.4) is 0 Å². The van der Waals surface area contributed by atoms with Gasteiger partial charge in [-0.3, -0.25) is 9.69 Å². The zero-order valence-electron chi connectivity index (χ0n) is 16.1. The van der Waals surface area contributed by atoms with Gasteiger partial charge in [0.2, 0.25) is 0 Å². The van der Waals surface area contributed by atoms with Gasteiger partial charge in [0.05, 0.1) is 16.5 Å². The number of halogens is 1. The van der Waals surface area contributed by atoms with Crippen molar-refractivity contribution >= 4 is 44.2 Å². The average molecular weight is 425 g/mol. The second kappa shape index (κ2) is 8.76. The Kier molecular flexibility index (Phi) is 5.92. The van der Waals surface area contributed by atoms with E-state index >= 15 is 0 Å². The molecular formula is C22H21ClN4OS. The van der Waals surface area contributed by atoms with Crippen molar-refractivity contribution < 1.29 is 4.79 Å². The number of nitrogens with zero attached hydrogens (tertiary/aromatic N) is 4. The van der Waals surface area contributed by atoms with Crippen molar-refractivity contribution in [2.24, 2.45) is 0 Å². The third-order valence-corrected chi connectivity index (χ3v) is 6.03. The fourth-order valence-corrected chi connectivity index (χ4v) is 4.43. The van der Waals surface area contributed by atoms with E-state index in [4.69, 9.17) is 16.6 Å². The standard InChI is InChI=1S/C22H21ClN4OS/c1-2-16-7-8-19-20(13-16)29-22(25-19)27(11-4-10-26-12-9-24-15-26)21(28)17-5-3-6-18(23)14-17/h3,5-9,12-15H,2,4,10-11H2,1H3. The first-order valence-corrected chi connectivity index (χ1v) is 10.8. The van der Waals surface area contributed by atoms with Gasteiger partial charge in [0.25, 0.3) is 5.91 Å². The molecule has 0 aliphatic rings. The van der Waals surface area contributed by atoms with Gasteiger partial charge >= 0.3 is 0 Å². The Morgan fingerprint density at radius 2 is 2.14 bits per heavy atom. The van der Waals surface area contributed by atoms with E-state index in [2.05, 4.69) is 24.0 Å². The lowest BCUT2D eigenvalue weighted by Crippen LogP contribution is -2.32. The number of imidazole rings is 1. The molecule has 0 bridgehead atoms. The topological polar surface area (TPSA) is 51.0 Å². The van der Waals surface area contributed by atoms with Crippen LogP contribution in [0.25, 0.3) is 10.2 Å². The molecule has 0 saturated carbocycles. The Bertz CT molecular complexity index is 1120. The van der Waals surface area contributed by atoms with Crippen LogP contribution in [0.4, 0.5) is 5.13 Å². The maximum atomic E-state index is 13.3. The summed E-state index contributed by atoms with van der Waals surface area (Å²) in [5.41, 5.74) is 2.75. The highest BCUT2D eigenvalue weighted by Gasteiger charge is 2.21. The maximum Gasteiger partial charge on any atom is 0.260 e. The first kappa shape index (κ1) is 19.6. The molecule has 0 saturated heterocycles. The van der Waals surface area contributed by atoms with Gasteiger partial charge in [-0.1, -0.05) is 42.0 Å². The third-order valence-electron chi connectivity index (χ3n) is 4.75. The fourth-order valence-electron chi connectivity index (χ4n) is 3.18. The number of anilines is 1. The van der Waals surface area contributed by atoms with Crippen molar-refractivity contribution in [2.45, 2.75) is 26.3 Å². The number of carbonyl (C=O) groups is 1. The number of aromatic nitrogens is 3. The number of thiazole rings is 1. The summed E-state index contributed by atoms with van der Waals surface area (Å²) in [5.74, 6) is -0.0899. The summed E-state index contributed by atoms with van der Waals surface area (Å²) < 4.78 is 3.10. The van der Waals surface area contributed by atoms with Crippen molar-refractivity contribution in [2.75, 3.05) is 11.4 Å². The van der Waals surface area contributed by atoms with E-state index in [0.717, 1.165) is 29.6 Å². The monoisotopic (exact) mass is 424 g/mol. The van der Waals surface area contributed by atoms with Gasteiger partial charge in [-0.2, -0.15) is 0 Å². The number of fused-ring (bicyclic) bond motifs is 1. The molecule has 29 heavy (non-hydrogen) atoms. The van der Waals surface area contributed by atoms with E-state index in [0.29, 0.717) is 22.3 Å². The smallest absolute Gasteiger partial charge is 0.260 e. The summed E-state index contributed by atoms with van der Waals surface area (Å²) in [6, 6.07) is 13.3. The van der Waals surface area contributed by atoms with Crippen LogP contribution >= 0.6 is 22.9 Å². The Hall–Kier alpha value is -2.70. The van der Waals surface area contributed by atoms with Gasteiger partial charge in [-0.25, -0.2) is 9.97 Å². The Labute approximate surface area is 178 Å². The molecule has 2 aromatic heterocycles. The average Bonchev–Trinajstić information content (AvgIpc) is 3.39. The van der Waals surface area contributed by atoms with Crippen molar-refractivity contribution in [3.63, 3.8) is 0 Å². The van der Waals surface area contributed by atoms with E-state index in [1.165, 1.54) is 5.56 Å². The lowest BCUT2D eigenvalue weighted by Gasteiger charge is -2.20. The quantitative estimate of drug-likeness (QED) is 0.396. The zero-order chi connectivity index (χ0) is 20.2. The molecule has 0 N–H and O–H groups in total. The Morgan fingerprint density at radius 3 is 2.90 bits per heavy atom. The fraction of sp³-hybridized carbons (Fsp3) is 0.227. The molecule has 5 nitrogen and oxygen atoms in total. The minimum absolute atomic E-state index is 0.0899. The molecule has 2 aromatic carbocycles. The van der Waals surface area contributed by atoms with Crippen LogP contribution in [0.2, 0.25) is 5.02 Å². The summed E-state index contributed by atoms with van der Waals surface area (Å²) in [6.07, 6.45) is 7.23. The molecule has 0 aliphatic carbocycles. The first-order chi connectivity index (χ1) is 14.1. The number of benzene rings is 2. The number of carbonyl (C=O) groups excluding carboxylic acids is 1. The van der Waals surface area contributed by atoms with E-state index in [1.54, 1.807) is 53.0 Å². The highest BCUT2D eigenvalue weighted by Crippen LogP contribution is 2.31. The minimum Gasteiger partial charge on any atom is -0.337 e. The van der Waals surface area contributed by atoms with Gasteiger partial charge in [0.1, 0.15) is 0 Å². The van der Waals surface area contributed by atoms with E-state index in [9.17, 15) is 4.79 Å². The molecule has 4 aromatic rings. The molecule has 0 radical (unpaired) electrons. The predicted molar refractivity (Wildman–Crippen MR) is 119 cm³/mol. The molecule has 0 aliphatic heterocycles. The van der Waals surface area contributed by atoms with Gasteiger partial charge in [-0.15, -0.1) is 0 Å². The van der Waals surface area contributed by atoms with Crippen LogP contribution in [-0.4, -0.2) is 27.0 Å². The molecule has 0 atom stereocenters. The summed E-state index contributed by atoms with van der Waals surface area (Å²) >= 11 is 7.67. The highest BCUT2D eigenvalue weighted by molar-refractivity contribution is 7.22. The molecule has 2 heterocycles. The SMILES string of the molecule is CCc1ccc2nc(N(CCCn3ccnc3)C(=O)c3cccc(Cl)c3)sc2c1. The van der Waals surface area contributed by atoms with Gasteiger partial charge in [0, 0.05) is 36.1 Å². The van der Waals surface area contributed by atoms with Crippen LogP contribution in [0.1, 0.15) is 29.3 Å². The normalized spacial score (nSPS) is 11.1. The molecule has 148 valence electrons. The third kappa shape index (κ3) is 4.49.